The molecule has 7 heteroatoms. The first-order valence-corrected chi connectivity index (χ1v) is 13.8. The number of ether oxygens (including phenoxy) is 1. The average Bonchev–Trinajstić information content (AvgIpc) is 3.55. The van der Waals surface area contributed by atoms with Crippen molar-refractivity contribution in [3.63, 3.8) is 0 Å². The van der Waals surface area contributed by atoms with Crippen LogP contribution in [0.1, 0.15) is 48.8 Å². The van der Waals surface area contributed by atoms with E-state index in [-0.39, 0.29) is 30.3 Å². The number of likely N-dealkylation sites (tertiary alicyclic amines) is 1. The summed E-state index contributed by atoms with van der Waals surface area (Å²) in [7, 11) is 0. The maximum Gasteiger partial charge on any atom is 0.246 e. The summed E-state index contributed by atoms with van der Waals surface area (Å²) in [5.41, 5.74) is 2.69. The van der Waals surface area contributed by atoms with Crippen molar-refractivity contribution < 1.29 is 19.1 Å². The van der Waals surface area contributed by atoms with Gasteiger partial charge in [-0.05, 0) is 55.5 Å². The van der Waals surface area contributed by atoms with Crippen LogP contribution in [0.15, 0.2) is 60.7 Å². The molecule has 3 heterocycles. The first kappa shape index (κ1) is 24.9. The van der Waals surface area contributed by atoms with Crippen LogP contribution in [0.25, 0.3) is 0 Å². The van der Waals surface area contributed by atoms with E-state index in [1.807, 2.05) is 74.5 Å². The quantitative estimate of drug-likeness (QED) is 0.571. The molecule has 2 saturated heterocycles. The summed E-state index contributed by atoms with van der Waals surface area (Å²) < 4.78 is 6.46. The minimum Gasteiger partial charge on any atom is -0.359 e. The highest BCUT2D eigenvalue weighted by Gasteiger charge is 2.72. The summed E-state index contributed by atoms with van der Waals surface area (Å²) in [4.78, 5) is 43.3. The molecule has 2 aromatic carbocycles. The molecule has 2 aromatic rings. The maximum absolute atomic E-state index is 14.1. The van der Waals surface area contributed by atoms with Crippen molar-refractivity contribution in [2.45, 2.75) is 76.3 Å². The SMILES string of the molecule is Cc1ccc(NC(=O)[C@@H]2[C@@H]3C=C[C@]4(O3)[C@@H]2C(=O)N(Cc2ccccc2)[C@H]4C(=O)NC2CCCCC2)cc1C. The molecular weight excluding hydrogens is 478 g/mol. The fraction of sp³-hybridized carbons (Fsp3) is 0.452. The molecule has 2 N–H and O–H groups in total. The molecule has 3 amide bonds. The molecule has 7 nitrogen and oxygen atoms in total. The zero-order valence-corrected chi connectivity index (χ0v) is 22.0. The van der Waals surface area contributed by atoms with Gasteiger partial charge in [0.25, 0.3) is 0 Å². The largest absolute Gasteiger partial charge is 0.359 e. The van der Waals surface area contributed by atoms with Crippen LogP contribution >= 0.6 is 0 Å². The van der Waals surface area contributed by atoms with Gasteiger partial charge in [0.1, 0.15) is 11.6 Å². The average molecular weight is 514 g/mol. The monoisotopic (exact) mass is 513 g/mol. The number of rotatable bonds is 6. The van der Waals surface area contributed by atoms with E-state index in [9.17, 15) is 14.4 Å². The predicted octanol–water partition coefficient (Wildman–Crippen LogP) is 4.04. The predicted molar refractivity (Wildman–Crippen MR) is 144 cm³/mol. The van der Waals surface area contributed by atoms with E-state index in [2.05, 4.69) is 10.6 Å². The minimum atomic E-state index is -1.15. The number of carbonyl (C=O) groups is 3. The summed E-state index contributed by atoms with van der Waals surface area (Å²) in [5, 5.41) is 6.25. The van der Waals surface area contributed by atoms with E-state index in [1.54, 1.807) is 4.90 Å². The minimum absolute atomic E-state index is 0.104. The van der Waals surface area contributed by atoms with Gasteiger partial charge in [0.2, 0.25) is 17.7 Å². The summed E-state index contributed by atoms with van der Waals surface area (Å²) in [6.45, 7) is 4.31. The van der Waals surface area contributed by atoms with E-state index >= 15 is 0 Å². The van der Waals surface area contributed by atoms with E-state index in [1.165, 1.54) is 6.42 Å². The van der Waals surface area contributed by atoms with Crippen LogP contribution in [0.5, 0.6) is 0 Å². The molecule has 6 rings (SSSR count). The van der Waals surface area contributed by atoms with Gasteiger partial charge in [-0.3, -0.25) is 14.4 Å². The standard InChI is InChI=1S/C31H35N3O4/c1-19-13-14-23(17-20(19)2)33-28(35)25-24-15-16-31(38-24)26(25)30(37)34(18-21-9-5-3-6-10-21)27(31)29(36)32-22-11-7-4-8-12-22/h3,5-6,9-10,13-17,22,24-27H,4,7-8,11-12,18H2,1-2H3,(H,32,36)(H,33,35)/t24-,25+,26-,27-,31-/m0/s1. The van der Waals surface area contributed by atoms with Crippen LogP contribution in [0.3, 0.4) is 0 Å². The van der Waals surface area contributed by atoms with Crippen molar-refractivity contribution in [3.05, 3.63) is 77.4 Å². The third kappa shape index (κ3) is 4.13. The number of amides is 3. The zero-order valence-electron chi connectivity index (χ0n) is 22.0. The Balaban J connectivity index is 1.32. The molecule has 0 aromatic heterocycles. The third-order valence-electron chi connectivity index (χ3n) is 8.85. The Morgan fingerprint density at radius 3 is 2.50 bits per heavy atom. The fourth-order valence-electron chi connectivity index (χ4n) is 6.79. The summed E-state index contributed by atoms with van der Waals surface area (Å²) in [6, 6.07) is 14.7. The number of hydrogen-bond donors (Lipinski definition) is 2. The first-order valence-electron chi connectivity index (χ1n) is 13.8. The number of anilines is 1. The highest BCUT2D eigenvalue weighted by Crippen LogP contribution is 2.55. The van der Waals surface area contributed by atoms with Gasteiger partial charge in [0.05, 0.1) is 17.9 Å². The number of benzene rings is 2. The zero-order chi connectivity index (χ0) is 26.4. The molecule has 1 spiro atoms. The van der Waals surface area contributed by atoms with Gasteiger partial charge in [-0.1, -0.05) is 67.8 Å². The number of hydrogen-bond acceptors (Lipinski definition) is 4. The van der Waals surface area contributed by atoms with E-state index in [0.29, 0.717) is 5.69 Å². The van der Waals surface area contributed by atoms with Gasteiger partial charge in [0, 0.05) is 18.3 Å². The molecule has 4 aliphatic rings. The Bertz CT molecular complexity index is 1290. The molecule has 0 unspecified atom stereocenters. The Kier molecular flexibility index (Phi) is 6.34. The molecule has 2 bridgehead atoms. The maximum atomic E-state index is 14.1. The third-order valence-corrected chi connectivity index (χ3v) is 8.85. The molecule has 1 aliphatic carbocycles. The van der Waals surface area contributed by atoms with Crippen molar-refractivity contribution in [2.75, 3.05) is 5.32 Å². The van der Waals surface area contributed by atoms with Crippen molar-refractivity contribution in [1.82, 2.24) is 10.2 Å². The van der Waals surface area contributed by atoms with Gasteiger partial charge < -0.3 is 20.3 Å². The molecule has 38 heavy (non-hydrogen) atoms. The second-order valence-corrected chi connectivity index (χ2v) is 11.3. The lowest BCUT2D eigenvalue weighted by molar-refractivity contribution is -0.142. The lowest BCUT2D eigenvalue weighted by atomic mass is 9.74. The van der Waals surface area contributed by atoms with Gasteiger partial charge in [-0.25, -0.2) is 0 Å². The van der Waals surface area contributed by atoms with E-state index in [0.717, 1.165) is 42.4 Å². The van der Waals surface area contributed by atoms with E-state index < -0.39 is 29.6 Å². The van der Waals surface area contributed by atoms with Gasteiger partial charge in [-0.2, -0.15) is 0 Å². The molecule has 3 aliphatic heterocycles. The number of carbonyl (C=O) groups excluding carboxylic acids is 3. The van der Waals surface area contributed by atoms with Gasteiger partial charge >= 0.3 is 0 Å². The smallest absolute Gasteiger partial charge is 0.246 e. The summed E-state index contributed by atoms with van der Waals surface area (Å²) in [5.74, 6) is -2.11. The fourth-order valence-corrected chi connectivity index (χ4v) is 6.79. The van der Waals surface area contributed by atoms with Gasteiger partial charge in [-0.15, -0.1) is 0 Å². The van der Waals surface area contributed by atoms with Crippen LogP contribution in [-0.2, 0) is 25.7 Å². The van der Waals surface area contributed by atoms with Crippen molar-refractivity contribution >= 4 is 23.4 Å². The lowest BCUT2D eigenvalue weighted by Crippen LogP contribution is -2.56. The van der Waals surface area contributed by atoms with Crippen LogP contribution in [0.2, 0.25) is 0 Å². The normalized spacial score (nSPS) is 29.9. The molecule has 198 valence electrons. The highest BCUT2D eigenvalue weighted by atomic mass is 16.5. The Morgan fingerprint density at radius 1 is 1.00 bits per heavy atom. The highest BCUT2D eigenvalue weighted by molar-refractivity contribution is 6.02. The number of fused-ring (bicyclic) bond motifs is 1. The van der Waals surface area contributed by atoms with Crippen LogP contribution < -0.4 is 10.6 Å². The second kappa shape index (κ2) is 9.70. The van der Waals surface area contributed by atoms with Crippen molar-refractivity contribution in [2.24, 2.45) is 11.8 Å². The molecule has 3 fully saturated rings. The summed E-state index contributed by atoms with van der Waals surface area (Å²) >= 11 is 0. The van der Waals surface area contributed by atoms with Crippen LogP contribution in [0, 0.1) is 25.7 Å². The number of nitrogens with one attached hydrogen (secondary N) is 2. The lowest BCUT2D eigenvalue weighted by Gasteiger charge is -2.34. The first-order chi connectivity index (χ1) is 18.4. The Morgan fingerprint density at radius 2 is 1.76 bits per heavy atom. The van der Waals surface area contributed by atoms with Crippen molar-refractivity contribution in [3.8, 4) is 0 Å². The van der Waals surface area contributed by atoms with Gasteiger partial charge in [0.15, 0.2) is 0 Å². The molecule has 0 radical (unpaired) electrons. The Hall–Kier alpha value is -3.45. The Labute approximate surface area is 223 Å². The van der Waals surface area contributed by atoms with Crippen molar-refractivity contribution in [1.29, 1.82) is 0 Å². The molecule has 1 saturated carbocycles. The van der Waals surface area contributed by atoms with Crippen LogP contribution in [0.4, 0.5) is 5.69 Å². The topological polar surface area (TPSA) is 87.7 Å². The summed E-state index contributed by atoms with van der Waals surface area (Å²) in [6.07, 6.45) is 8.45. The van der Waals surface area contributed by atoms with E-state index in [4.69, 9.17) is 4.74 Å². The second-order valence-electron chi connectivity index (χ2n) is 11.3. The molecular formula is C31H35N3O4. The number of aryl methyl sites for hydroxylation is 2. The molecule has 5 atom stereocenters. The number of nitrogens with zero attached hydrogens (tertiary/aromatic N) is 1. The van der Waals surface area contributed by atoms with Crippen LogP contribution in [-0.4, -0.2) is 46.4 Å².